The van der Waals surface area contributed by atoms with E-state index in [1.807, 2.05) is 0 Å². The van der Waals surface area contributed by atoms with Gasteiger partial charge in [0.2, 0.25) is 0 Å². The van der Waals surface area contributed by atoms with Crippen molar-refractivity contribution in [3.63, 3.8) is 0 Å². The van der Waals surface area contributed by atoms with Crippen LogP contribution in [0.3, 0.4) is 0 Å². The minimum atomic E-state index is -1.23. The van der Waals surface area contributed by atoms with E-state index in [1.165, 1.54) is 30.3 Å². The highest BCUT2D eigenvalue weighted by Gasteiger charge is 2.37. The average Bonchev–Trinajstić information content (AvgIpc) is 3.32. The van der Waals surface area contributed by atoms with Crippen LogP contribution in [0.15, 0.2) is 39.7 Å². The van der Waals surface area contributed by atoms with Crippen molar-refractivity contribution in [2.45, 2.75) is 38.1 Å². The van der Waals surface area contributed by atoms with Crippen molar-refractivity contribution in [2.24, 2.45) is 0 Å². The zero-order valence-electron chi connectivity index (χ0n) is 16.4. The van der Waals surface area contributed by atoms with Gasteiger partial charge in [0.25, 0.3) is 5.91 Å². The van der Waals surface area contributed by atoms with Gasteiger partial charge in [0.05, 0.1) is 16.0 Å². The normalized spacial score (nSPS) is 18.7. The molecule has 0 spiro atoms. The molecule has 1 aromatic carbocycles. The lowest BCUT2D eigenvalue weighted by Crippen LogP contribution is -2.39. The van der Waals surface area contributed by atoms with Gasteiger partial charge in [-0.25, -0.2) is 9.59 Å². The minimum Gasteiger partial charge on any atom is -0.478 e. The molecule has 2 aromatic rings. The van der Waals surface area contributed by atoms with E-state index in [9.17, 15) is 24.6 Å². The number of aromatic carboxylic acids is 2. The Morgan fingerprint density at radius 1 is 1.06 bits per heavy atom. The van der Waals surface area contributed by atoms with Gasteiger partial charge in [-0.15, -0.1) is 0 Å². The highest BCUT2D eigenvalue weighted by atomic mass is 32.2. The fraction of sp³-hybridized carbons (Fsp3) is 0.273. The Balaban J connectivity index is 1.60. The van der Waals surface area contributed by atoms with Crippen molar-refractivity contribution in [1.29, 1.82) is 0 Å². The molecule has 1 aliphatic heterocycles. The Kier molecular flexibility index (Phi) is 5.97. The fourth-order valence-electron chi connectivity index (χ4n) is 3.87. The molecule has 1 aliphatic carbocycles. The molecule has 9 heteroatoms. The summed E-state index contributed by atoms with van der Waals surface area (Å²) in [6.07, 6.45) is 6.90. The lowest BCUT2D eigenvalue weighted by atomic mass is 9.94. The summed E-state index contributed by atoms with van der Waals surface area (Å²) < 4.78 is 6.33. The third-order valence-electron chi connectivity index (χ3n) is 5.37. The van der Waals surface area contributed by atoms with E-state index < -0.39 is 11.9 Å². The summed E-state index contributed by atoms with van der Waals surface area (Å²) in [4.78, 5) is 37.8. The van der Waals surface area contributed by atoms with Gasteiger partial charge in [0.1, 0.15) is 15.8 Å². The van der Waals surface area contributed by atoms with Crippen LogP contribution >= 0.6 is 24.0 Å². The fourth-order valence-corrected chi connectivity index (χ4v) is 5.25. The molecule has 31 heavy (non-hydrogen) atoms. The van der Waals surface area contributed by atoms with Gasteiger partial charge < -0.3 is 14.6 Å². The van der Waals surface area contributed by atoms with Crippen LogP contribution in [0.4, 0.5) is 0 Å². The maximum absolute atomic E-state index is 12.9. The molecule has 0 radical (unpaired) electrons. The number of carbonyl (C=O) groups excluding carboxylic acids is 1. The van der Waals surface area contributed by atoms with Crippen LogP contribution in [-0.4, -0.2) is 43.3 Å². The molecular formula is C22H19NO6S2. The molecule has 0 bridgehead atoms. The maximum Gasteiger partial charge on any atom is 0.335 e. The number of carboxylic acids is 2. The van der Waals surface area contributed by atoms with Crippen LogP contribution < -0.4 is 0 Å². The van der Waals surface area contributed by atoms with Crippen LogP contribution in [0.2, 0.25) is 0 Å². The summed E-state index contributed by atoms with van der Waals surface area (Å²) >= 11 is 6.68. The number of hydrogen-bond donors (Lipinski definition) is 2. The number of benzene rings is 1. The summed E-state index contributed by atoms with van der Waals surface area (Å²) in [5.74, 6) is -1.89. The van der Waals surface area contributed by atoms with Crippen molar-refractivity contribution >= 4 is 52.2 Å². The SMILES string of the molecule is O=C(O)c1cc(C(=O)O)cc(-c2ccc(/C=C3\SC(=S)N(C4CCCCC4)C3=O)o2)c1. The quantitative estimate of drug-likeness (QED) is 0.483. The predicted molar refractivity (Wildman–Crippen MR) is 120 cm³/mol. The number of rotatable bonds is 5. The van der Waals surface area contributed by atoms with E-state index in [-0.39, 0.29) is 23.1 Å². The second kappa shape index (κ2) is 8.68. The van der Waals surface area contributed by atoms with Gasteiger partial charge in [0.15, 0.2) is 0 Å². The monoisotopic (exact) mass is 457 g/mol. The van der Waals surface area contributed by atoms with Crippen LogP contribution in [0.1, 0.15) is 58.6 Å². The second-order valence-corrected chi connectivity index (χ2v) is 9.13. The Morgan fingerprint density at radius 2 is 1.71 bits per heavy atom. The molecule has 1 aromatic heterocycles. The molecule has 0 atom stereocenters. The highest BCUT2D eigenvalue weighted by molar-refractivity contribution is 8.26. The summed E-state index contributed by atoms with van der Waals surface area (Å²) in [6, 6.07) is 7.19. The van der Waals surface area contributed by atoms with Crippen molar-refractivity contribution in [1.82, 2.24) is 4.90 Å². The van der Waals surface area contributed by atoms with Gasteiger partial charge >= 0.3 is 11.9 Å². The lowest BCUT2D eigenvalue weighted by molar-refractivity contribution is -0.124. The summed E-state index contributed by atoms with van der Waals surface area (Å²) in [5.41, 5.74) is 0.0223. The highest BCUT2D eigenvalue weighted by Crippen LogP contribution is 2.38. The second-order valence-electron chi connectivity index (χ2n) is 7.45. The van der Waals surface area contributed by atoms with E-state index in [2.05, 4.69) is 0 Å². The molecule has 160 valence electrons. The number of thioether (sulfide) groups is 1. The van der Waals surface area contributed by atoms with Crippen LogP contribution in [0.25, 0.3) is 17.4 Å². The molecular weight excluding hydrogens is 438 g/mol. The van der Waals surface area contributed by atoms with Gasteiger partial charge in [-0.2, -0.15) is 0 Å². The van der Waals surface area contributed by atoms with Gasteiger partial charge in [-0.05, 0) is 43.2 Å². The van der Waals surface area contributed by atoms with Gasteiger partial charge in [-0.1, -0.05) is 43.2 Å². The third kappa shape index (κ3) is 4.42. The topological polar surface area (TPSA) is 108 Å². The van der Waals surface area contributed by atoms with Crippen molar-refractivity contribution in [3.05, 3.63) is 52.1 Å². The first-order valence-corrected chi connectivity index (χ1v) is 11.0. The standard InChI is InChI=1S/C22H19NO6S2/c24-19-18(31-22(30)23(19)15-4-2-1-3-5-15)11-16-6-7-17(29-16)12-8-13(20(25)26)10-14(9-12)21(27)28/h6-11,15H,1-5H2,(H,25,26)(H,27,28)/b18-11-. The molecule has 2 aliphatic rings. The first kappa shape index (κ1) is 21.3. The lowest BCUT2D eigenvalue weighted by Gasteiger charge is -2.29. The summed E-state index contributed by atoms with van der Waals surface area (Å²) in [7, 11) is 0. The average molecular weight is 458 g/mol. The first-order valence-electron chi connectivity index (χ1n) is 9.82. The number of amides is 1. The van der Waals surface area contributed by atoms with Crippen LogP contribution in [-0.2, 0) is 4.79 Å². The van der Waals surface area contributed by atoms with Gasteiger partial charge in [-0.3, -0.25) is 9.69 Å². The number of furan rings is 1. The van der Waals surface area contributed by atoms with Crippen molar-refractivity contribution in [2.75, 3.05) is 0 Å². The van der Waals surface area contributed by atoms with E-state index in [0.717, 1.165) is 31.7 Å². The number of nitrogens with zero attached hydrogens (tertiary/aromatic N) is 1. The molecule has 2 N–H and O–H groups in total. The van der Waals surface area contributed by atoms with E-state index in [4.69, 9.17) is 16.6 Å². The Bertz CT molecular complexity index is 1080. The van der Waals surface area contributed by atoms with Crippen LogP contribution in [0, 0.1) is 0 Å². The molecule has 1 saturated carbocycles. The van der Waals surface area contributed by atoms with Gasteiger partial charge in [0, 0.05) is 17.7 Å². The first-order chi connectivity index (χ1) is 14.8. The van der Waals surface area contributed by atoms with E-state index >= 15 is 0 Å². The third-order valence-corrected chi connectivity index (χ3v) is 6.71. The Hall–Kier alpha value is -2.91. The van der Waals surface area contributed by atoms with Crippen molar-refractivity contribution < 1.29 is 29.0 Å². The minimum absolute atomic E-state index is 0.124. The zero-order chi connectivity index (χ0) is 22.1. The number of hydrogen-bond acceptors (Lipinski definition) is 6. The van der Waals surface area contributed by atoms with E-state index in [1.54, 1.807) is 23.1 Å². The number of carboxylic acid groups (broad SMARTS) is 2. The summed E-state index contributed by atoms with van der Waals surface area (Å²) in [5, 5.41) is 18.5. The van der Waals surface area contributed by atoms with Crippen LogP contribution in [0.5, 0.6) is 0 Å². The van der Waals surface area contributed by atoms with Crippen molar-refractivity contribution in [3.8, 4) is 11.3 Å². The molecule has 1 amide bonds. The smallest absolute Gasteiger partial charge is 0.335 e. The molecule has 2 heterocycles. The van der Waals surface area contributed by atoms with E-state index in [0.29, 0.717) is 26.3 Å². The molecule has 1 saturated heterocycles. The Morgan fingerprint density at radius 3 is 2.32 bits per heavy atom. The molecule has 0 unspecified atom stereocenters. The Labute approximate surface area is 187 Å². The zero-order valence-corrected chi connectivity index (χ0v) is 18.0. The summed E-state index contributed by atoms with van der Waals surface area (Å²) in [6.45, 7) is 0. The largest absolute Gasteiger partial charge is 0.478 e. The predicted octanol–water partition coefficient (Wildman–Crippen LogP) is 4.88. The number of thiocarbonyl (C=S) groups is 1. The maximum atomic E-state index is 12.9. The molecule has 4 rings (SSSR count). The molecule has 2 fully saturated rings. The number of carbonyl (C=O) groups is 3. The molecule has 7 nitrogen and oxygen atoms in total.